The SMILES string of the molecule is CCOc1cc(CC(C)N)ccc1OCc1nccs1. The molecule has 20 heavy (non-hydrogen) atoms. The third-order valence-corrected chi connectivity index (χ3v) is 3.45. The summed E-state index contributed by atoms with van der Waals surface area (Å²) in [5, 5.41) is 2.89. The summed E-state index contributed by atoms with van der Waals surface area (Å²) < 4.78 is 11.4. The van der Waals surface area contributed by atoms with Crippen LogP contribution in [0.15, 0.2) is 29.8 Å². The third kappa shape index (κ3) is 4.21. The molecule has 2 aromatic rings. The zero-order valence-electron chi connectivity index (χ0n) is 11.8. The smallest absolute Gasteiger partial charge is 0.161 e. The number of aromatic nitrogens is 1. The largest absolute Gasteiger partial charge is 0.490 e. The molecular formula is C15H20N2O2S. The van der Waals surface area contributed by atoms with Crippen LogP contribution < -0.4 is 15.2 Å². The molecule has 0 fully saturated rings. The van der Waals surface area contributed by atoms with E-state index in [0.717, 1.165) is 28.5 Å². The standard InChI is InChI=1S/C15H20N2O2S/c1-3-18-14-9-12(8-11(2)16)4-5-13(14)19-10-15-17-6-7-20-15/h4-7,9,11H,3,8,10,16H2,1-2H3. The molecule has 1 aromatic heterocycles. The molecule has 0 spiro atoms. The van der Waals surface area contributed by atoms with E-state index in [1.54, 1.807) is 17.5 Å². The van der Waals surface area contributed by atoms with Gasteiger partial charge in [0, 0.05) is 17.6 Å². The van der Waals surface area contributed by atoms with Gasteiger partial charge in [0.2, 0.25) is 0 Å². The Morgan fingerprint density at radius 2 is 2.15 bits per heavy atom. The Morgan fingerprint density at radius 1 is 1.30 bits per heavy atom. The van der Waals surface area contributed by atoms with Crippen LogP contribution in [0.4, 0.5) is 0 Å². The molecule has 5 heteroatoms. The van der Waals surface area contributed by atoms with Crippen LogP contribution in [-0.4, -0.2) is 17.6 Å². The zero-order valence-corrected chi connectivity index (χ0v) is 12.7. The van der Waals surface area contributed by atoms with Crippen molar-refractivity contribution in [2.75, 3.05) is 6.61 Å². The molecule has 1 heterocycles. The van der Waals surface area contributed by atoms with Crippen molar-refractivity contribution in [3.05, 3.63) is 40.3 Å². The summed E-state index contributed by atoms with van der Waals surface area (Å²) >= 11 is 1.58. The maximum absolute atomic E-state index is 5.83. The maximum atomic E-state index is 5.83. The number of benzene rings is 1. The van der Waals surface area contributed by atoms with Crippen LogP contribution in [0.25, 0.3) is 0 Å². The van der Waals surface area contributed by atoms with E-state index >= 15 is 0 Å². The van der Waals surface area contributed by atoms with E-state index in [1.807, 2.05) is 37.4 Å². The Labute approximate surface area is 123 Å². The summed E-state index contributed by atoms with van der Waals surface area (Å²) in [6.45, 7) is 5.02. The highest BCUT2D eigenvalue weighted by Gasteiger charge is 2.08. The second kappa shape index (κ2) is 7.26. The number of rotatable bonds is 7. The van der Waals surface area contributed by atoms with Crippen LogP contribution in [-0.2, 0) is 13.0 Å². The minimum Gasteiger partial charge on any atom is -0.490 e. The minimum absolute atomic E-state index is 0.131. The van der Waals surface area contributed by atoms with Crippen LogP contribution in [0.5, 0.6) is 11.5 Å². The first-order valence-electron chi connectivity index (χ1n) is 6.71. The summed E-state index contributed by atoms with van der Waals surface area (Å²) in [4.78, 5) is 4.20. The lowest BCUT2D eigenvalue weighted by Gasteiger charge is -2.13. The molecule has 0 saturated heterocycles. The molecule has 1 atom stereocenters. The van der Waals surface area contributed by atoms with E-state index in [9.17, 15) is 0 Å². The summed E-state index contributed by atoms with van der Waals surface area (Å²) in [5.41, 5.74) is 6.99. The van der Waals surface area contributed by atoms with Gasteiger partial charge in [0.1, 0.15) is 11.6 Å². The highest BCUT2D eigenvalue weighted by molar-refractivity contribution is 7.09. The first-order valence-corrected chi connectivity index (χ1v) is 7.59. The van der Waals surface area contributed by atoms with Gasteiger partial charge in [-0.1, -0.05) is 6.07 Å². The van der Waals surface area contributed by atoms with E-state index in [1.165, 1.54) is 0 Å². The quantitative estimate of drug-likeness (QED) is 0.852. The van der Waals surface area contributed by atoms with E-state index < -0.39 is 0 Å². The van der Waals surface area contributed by atoms with Gasteiger partial charge in [0.05, 0.1) is 6.61 Å². The molecule has 0 aliphatic carbocycles. The van der Waals surface area contributed by atoms with Crippen molar-refractivity contribution in [3.8, 4) is 11.5 Å². The van der Waals surface area contributed by atoms with Gasteiger partial charge in [-0.05, 0) is 38.0 Å². The zero-order chi connectivity index (χ0) is 14.4. The molecule has 0 aliphatic heterocycles. The normalized spacial score (nSPS) is 12.2. The van der Waals surface area contributed by atoms with E-state index in [-0.39, 0.29) is 6.04 Å². The molecule has 2 N–H and O–H groups in total. The fourth-order valence-corrected chi connectivity index (χ4v) is 2.43. The lowest BCUT2D eigenvalue weighted by atomic mass is 10.1. The molecule has 1 unspecified atom stereocenters. The van der Waals surface area contributed by atoms with Crippen LogP contribution in [0, 0.1) is 0 Å². The van der Waals surface area contributed by atoms with Crippen molar-refractivity contribution in [2.45, 2.75) is 32.9 Å². The second-order valence-corrected chi connectivity index (χ2v) is 5.59. The number of ether oxygens (including phenoxy) is 2. The number of thiazole rings is 1. The van der Waals surface area contributed by atoms with Gasteiger partial charge in [-0.15, -0.1) is 11.3 Å². The average molecular weight is 292 g/mol. The van der Waals surface area contributed by atoms with Gasteiger partial charge < -0.3 is 15.2 Å². The Kier molecular flexibility index (Phi) is 5.38. The predicted octanol–water partition coefficient (Wildman–Crippen LogP) is 3.01. The molecule has 4 nitrogen and oxygen atoms in total. The van der Waals surface area contributed by atoms with Gasteiger partial charge in [-0.3, -0.25) is 0 Å². The lowest BCUT2D eigenvalue weighted by molar-refractivity contribution is 0.268. The Hall–Kier alpha value is -1.59. The van der Waals surface area contributed by atoms with Gasteiger partial charge in [0.15, 0.2) is 11.5 Å². The van der Waals surface area contributed by atoms with E-state index in [0.29, 0.717) is 13.2 Å². The van der Waals surface area contributed by atoms with Crippen molar-refractivity contribution in [1.82, 2.24) is 4.98 Å². The molecular weight excluding hydrogens is 272 g/mol. The second-order valence-electron chi connectivity index (χ2n) is 4.61. The monoisotopic (exact) mass is 292 g/mol. The van der Waals surface area contributed by atoms with Gasteiger partial charge >= 0.3 is 0 Å². The average Bonchev–Trinajstić information content (AvgIpc) is 2.90. The van der Waals surface area contributed by atoms with Crippen molar-refractivity contribution in [3.63, 3.8) is 0 Å². The third-order valence-electron chi connectivity index (χ3n) is 2.70. The van der Waals surface area contributed by atoms with E-state index in [2.05, 4.69) is 4.98 Å². The topological polar surface area (TPSA) is 57.4 Å². The molecule has 2 rings (SSSR count). The predicted molar refractivity (Wildman–Crippen MR) is 81.4 cm³/mol. The maximum Gasteiger partial charge on any atom is 0.161 e. The fourth-order valence-electron chi connectivity index (χ4n) is 1.90. The van der Waals surface area contributed by atoms with E-state index in [4.69, 9.17) is 15.2 Å². The highest BCUT2D eigenvalue weighted by atomic mass is 32.1. The molecule has 108 valence electrons. The first-order chi connectivity index (χ1) is 9.69. The fraction of sp³-hybridized carbons (Fsp3) is 0.400. The summed E-state index contributed by atoms with van der Waals surface area (Å²) in [6.07, 6.45) is 2.60. The Bertz CT molecular complexity index is 527. The molecule has 0 aliphatic rings. The molecule has 0 bridgehead atoms. The number of nitrogens with zero attached hydrogens (tertiary/aromatic N) is 1. The van der Waals surface area contributed by atoms with Crippen molar-refractivity contribution >= 4 is 11.3 Å². The Morgan fingerprint density at radius 3 is 2.80 bits per heavy atom. The molecule has 0 radical (unpaired) electrons. The van der Waals surface area contributed by atoms with Gasteiger partial charge in [-0.25, -0.2) is 4.98 Å². The van der Waals surface area contributed by atoms with Crippen LogP contribution in [0.2, 0.25) is 0 Å². The van der Waals surface area contributed by atoms with Crippen molar-refractivity contribution in [1.29, 1.82) is 0 Å². The van der Waals surface area contributed by atoms with Crippen LogP contribution in [0.3, 0.4) is 0 Å². The summed E-state index contributed by atoms with van der Waals surface area (Å²) in [7, 11) is 0. The summed E-state index contributed by atoms with van der Waals surface area (Å²) in [5.74, 6) is 1.51. The lowest BCUT2D eigenvalue weighted by Crippen LogP contribution is -2.17. The van der Waals surface area contributed by atoms with Gasteiger partial charge in [-0.2, -0.15) is 0 Å². The van der Waals surface area contributed by atoms with Gasteiger partial charge in [0.25, 0.3) is 0 Å². The van der Waals surface area contributed by atoms with Crippen LogP contribution >= 0.6 is 11.3 Å². The highest BCUT2D eigenvalue weighted by Crippen LogP contribution is 2.29. The number of nitrogens with two attached hydrogens (primary N) is 1. The summed E-state index contributed by atoms with van der Waals surface area (Å²) in [6, 6.07) is 6.11. The minimum atomic E-state index is 0.131. The van der Waals surface area contributed by atoms with Crippen molar-refractivity contribution in [2.24, 2.45) is 5.73 Å². The molecule has 0 saturated carbocycles. The first kappa shape index (κ1) is 14.8. The Balaban J connectivity index is 2.10. The number of hydrogen-bond acceptors (Lipinski definition) is 5. The van der Waals surface area contributed by atoms with Crippen LogP contribution in [0.1, 0.15) is 24.4 Å². The molecule has 0 amide bonds. The number of hydrogen-bond donors (Lipinski definition) is 1. The molecule has 1 aromatic carbocycles. The van der Waals surface area contributed by atoms with Crippen molar-refractivity contribution < 1.29 is 9.47 Å².